The van der Waals surface area contributed by atoms with E-state index in [1.807, 2.05) is 19.1 Å². The number of carbonyl (C=O) groups is 2. The highest BCUT2D eigenvalue weighted by atomic mass is 16.6. The summed E-state index contributed by atoms with van der Waals surface area (Å²) in [7, 11) is 0. The summed E-state index contributed by atoms with van der Waals surface area (Å²) in [6, 6.07) is -0.336. The van der Waals surface area contributed by atoms with Crippen molar-refractivity contribution in [3.05, 3.63) is 67.8 Å². The smallest absolute Gasteiger partial charge is 0.347 e. The van der Waals surface area contributed by atoms with Gasteiger partial charge in [-0.2, -0.15) is 0 Å². The minimum atomic E-state index is -0.681. The highest BCUT2D eigenvalue weighted by molar-refractivity contribution is 6.23. The van der Waals surface area contributed by atoms with Crippen LogP contribution < -0.4 is 10.7 Å². The number of ether oxygens (including phenoxy) is 1. The lowest BCUT2D eigenvalue weighted by Gasteiger charge is -2.29. The SMILES string of the molecule is C=Cc1c(C)/c2[nH]/c1=C\C1=NC(=C\c3[nH]c4c(c3C)C(=O)OC(=O)C4C3N=C(\C=2)[C@@H](C)[C@@H]3CCC)/C(CC)=C1C. The molecule has 0 saturated carbocycles. The van der Waals surface area contributed by atoms with Gasteiger partial charge in [0.25, 0.3) is 0 Å². The van der Waals surface area contributed by atoms with Crippen molar-refractivity contribution >= 4 is 47.7 Å². The zero-order valence-electron chi connectivity index (χ0n) is 24.1. The van der Waals surface area contributed by atoms with Crippen LogP contribution in [0.15, 0.2) is 33.4 Å². The quantitative estimate of drug-likeness (QED) is 0.422. The van der Waals surface area contributed by atoms with Gasteiger partial charge in [-0.25, -0.2) is 9.79 Å². The van der Waals surface area contributed by atoms with E-state index in [1.54, 1.807) is 0 Å². The Balaban J connectivity index is 1.70. The number of rotatable bonds is 4. The molecule has 0 fully saturated rings. The van der Waals surface area contributed by atoms with Gasteiger partial charge in [0.2, 0.25) is 0 Å². The van der Waals surface area contributed by atoms with Crippen molar-refractivity contribution < 1.29 is 14.3 Å². The van der Waals surface area contributed by atoms with Gasteiger partial charge in [0, 0.05) is 39.3 Å². The van der Waals surface area contributed by atoms with Crippen molar-refractivity contribution in [2.75, 3.05) is 0 Å². The van der Waals surface area contributed by atoms with Gasteiger partial charge in [0.15, 0.2) is 0 Å². The molecule has 6 rings (SSSR count). The Morgan fingerprint density at radius 1 is 1.05 bits per heavy atom. The summed E-state index contributed by atoms with van der Waals surface area (Å²) in [5, 5.41) is 1.93. The van der Waals surface area contributed by atoms with Crippen LogP contribution in [0, 0.1) is 25.7 Å². The predicted octanol–water partition coefficient (Wildman–Crippen LogP) is 5.06. The zero-order valence-corrected chi connectivity index (χ0v) is 24.1. The second-order valence-electron chi connectivity index (χ2n) is 11.4. The van der Waals surface area contributed by atoms with Crippen molar-refractivity contribution in [3.8, 4) is 0 Å². The molecule has 40 heavy (non-hydrogen) atoms. The van der Waals surface area contributed by atoms with E-state index in [9.17, 15) is 9.59 Å². The Kier molecular flexibility index (Phi) is 6.28. The Hall–Kier alpha value is -4.00. The number of fused-ring (bicyclic) bond motifs is 6. The fourth-order valence-electron chi connectivity index (χ4n) is 6.99. The summed E-state index contributed by atoms with van der Waals surface area (Å²) in [6.07, 6.45) is 10.8. The lowest BCUT2D eigenvalue weighted by molar-refractivity contribution is -0.141. The standard InChI is InChI=1S/C33H36N4O3/c1-8-11-21-17(6)24-12-22-15(4)19(9-2)26(34-22)13-23-16(5)20(10-3)27(35-23)14-25-18(7)28-31(37-25)29(30(21)36-24)33(39)40-32(28)38/h9,12-14,17,21,29-30,34,37H,2,8,10-11H2,1,3-7H3/b22-12-,26-13-,27-14-/t17-,21-,29?,30?/m0/s1. The highest BCUT2D eigenvalue weighted by Gasteiger charge is 2.49. The number of H-pyrrole nitrogens is 2. The molecule has 6 heterocycles. The molecule has 4 aliphatic rings. The van der Waals surface area contributed by atoms with Crippen LogP contribution in [0.4, 0.5) is 0 Å². The summed E-state index contributed by atoms with van der Waals surface area (Å²) in [6.45, 7) is 16.6. The molecule has 0 saturated heterocycles. The summed E-state index contributed by atoms with van der Waals surface area (Å²) in [5.74, 6) is -1.55. The fourth-order valence-corrected chi connectivity index (χ4v) is 6.99. The van der Waals surface area contributed by atoms with E-state index in [-0.39, 0.29) is 17.9 Å². The number of nitrogens with zero attached hydrogens (tertiary/aromatic N) is 2. The number of aromatic amines is 2. The van der Waals surface area contributed by atoms with Crippen LogP contribution in [0.2, 0.25) is 0 Å². The third-order valence-electron chi connectivity index (χ3n) is 9.26. The number of esters is 2. The van der Waals surface area contributed by atoms with Gasteiger partial charge >= 0.3 is 11.9 Å². The summed E-state index contributed by atoms with van der Waals surface area (Å²) in [5.41, 5.74) is 9.68. The monoisotopic (exact) mass is 536 g/mol. The molecule has 0 spiro atoms. The van der Waals surface area contributed by atoms with Crippen molar-refractivity contribution in [2.45, 2.75) is 72.8 Å². The van der Waals surface area contributed by atoms with E-state index in [1.165, 1.54) is 0 Å². The number of cyclic esters (lactones) is 2. The van der Waals surface area contributed by atoms with Crippen LogP contribution in [-0.4, -0.2) is 39.4 Å². The van der Waals surface area contributed by atoms with Crippen LogP contribution >= 0.6 is 0 Å². The summed E-state index contributed by atoms with van der Waals surface area (Å²) in [4.78, 5) is 43.8. The van der Waals surface area contributed by atoms with E-state index < -0.39 is 17.9 Å². The molecular weight excluding hydrogens is 500 g/mol. The number of allylic oxidation sites excluding steroid dienone is 2. The highest BCUT2D eigenvalue weighted by Crippen LogP contribution is 2.44. The van der Waals surface area contributed by atoms with Gasteiger partial charge in [0.05, 0.1) is 23.0 Å². The maximum absolute atomic E-state index is 13.4. The second-order valence-corrected chi connectivity index (χ2v) is 11.4. The van der Waals surface area contributed by atoms with Gasteiger partial charge in [-0.3, -0.25) is 9.79 Å². The molecular formula is C33H36N4O3. The normalized spacial score (nSPS) is 28.2. The van der Waals surface area contributed by atoms with Crippen LogP contribution in [0.3, 0.4) is 0 Å². The molecule has 2 aromatic rings. The largest absolute Gasteiger partial charge is 0.389 e. The van der Waals surface area contributed by atoms with Crippen molar-refractivity contribution in [3.63, 3.8) is 0 Å². The predicted molar refractivity (Wildman–Crippen MR) is 160 cm³/mol. The third-order valence-corrected chi connectivity index (χ3v) is 9.26. The van der Waals surface area contributed by atoms with Crippen molar-refractivity contribution in [2.24, 2.45) is 21.8 Å². The molecule has 2 unspecified atom stereocenters. The Morgan fingerprint density at radius 2 is 1.82 bits per heavy atom. The number of hydrogen-bond acceptors (Lipinski definition) is 5. The fraction of sp³-hybridized carbons (Fsp3) is 0.394. The van der Waals surface area contributed by atoms with Crippen LogP contribution in [0.5, 0.6) is 0 Å². The van der Waals surface area contributed by atoms with Gasteiger partial charge < -0.3 is 14.7 Å². The maximum atomic E-state index is 13.4. The van der Waals surface area contributed by atoms with E-state index in [0.717, 1.165) is 80.6 Å². The Morgan fingerprint density at radius 3 is 2.52 bits per heavy atom. The molecule has 0 radical (unpaired) electrons. The first-order chi connectivity index (χ1) is 19.2. The Bertz CT molecular complexity index is 1740. The van der Waals surface area contributed by atoms with Gasteiger partial charge in [0.1, 0.15) is 5.92 Å². The average molecular weight is 537 g/mol. The first-order valence-electron chi connectivity index (χ1n) is 14.3. The molecule has 0 aliphatic carbocycles. The van der Waals surface area contributed by atoms with Crippen LogP contribution in [-0.2, 0) is 9.53 Å². The lowest BCUT2D eigenvalue weighted by atomic mass is 9.77. The number of aromatic nitrogens is 2. The van der Waals surface area contributed by atoms with Gasteiger partial charge in [-0.1, -0.05) is 39.8 Å². The molecule has 2 aromatic heterocycles. The number of nitrogens with one attached hydrogen (secondary N) is 2. The molecule has 8 bridgehead atoms. The van der Waals surface area contributed by atoms with Crippen molar-refractivity contribution in [1.82, 2.24) is 9.97 Å². The second kappa shape index (κ2) is 9.58. The molecule has 7 nitrogen and oxygen atoms in total. The summed E-state index contributed by atoms with van der Waals surface area (Å²) < 4.78 is 5.38. The number of hydrogen-bond donors (Lipinski definition) is 2. The lowest BCUT2D eigenvalue weighted by Crippen LogP contribution is -2.37. The molecule has 4 atom stereocenters. The molecule has 0 aromatic carbocycles. The first-order valence-corrected chi connectivity index (χ1v) is 14.3. The van der Waals surface area contributed by atoms with Crippen LogP contribution in [0.1, 0.15) is 91.3 Å². The maximum Gasteiger partial charge on any atom is 0.347 e. The van der Waals surface area contributed by atoms with Gasteiger partial charge in [-0.15, -0.1) is 0 Å². The van der Waals surface area contributed by atoms with E-state index in [0.29, 0.717) is 11.3 Å². The third kappa shape index (κ3) is 3.78. The van der Waals surface area contributed by atoms with E-state index in [4.69, 9.17) is 14.7 Å². The van der Waals surface area contributed by atoms with Gasteiger partial charge in [-0.05, 0) is 80.0 Å². The van der Waals surface area contributed by atoms with E-state index >= 15 is 0 Å². The number of aliphatic imine (C=N–C) groups is 2. The average Bonchev–Trinajstić information content (AvgIpc) is 3.58. The molecule has 0 amide bonds. The first kappa shape index (κ1) is 26.2. The number of carbonyl (C=O) groups excluding carboxylic acids is 2. The van der Waals surface area contributed by atoms with Crippen molar-refractivity contribution in [1.29, 1.82) is 0 Å². The Labute approximate surface area is 234 Å². The van der Waals surface area contributed by atoms with E-state index in [2.05, 4.69) is 63.3 Å². The zero-order chi connectivity index (χ0) is 28.5. The summed E-state index contributed by atoms with van der Waals surface area (Å²) >= 11 is 0. The minimum Gasteiger partial charge on any atom is -0.389 e. The molecule has 4 aliphatic heterocycles. The molecule has 2 N–H and O–H groups in total. The molecule has 206 valence electrons. The topological polar surface area (TPSA) is 99.7 Å². The van der Waals surface area contributed by atoms with Crippen LogP contribution in [0.25, 0.3) is 24.3 Å². The minimum absolute atomic E-state index is 0.132. The molecule has 7 heteroatoms.